The van der Waals surface area contributed by atoms with Crippen LogP contribution in [-0.4, -0.2) is 17.7 Å². The third-order valence-corrected chi connectivity index (χ3v) is 3.74. The summed E-state index contributed by atoms with van der Waals surface area (Å²) in [6.45, 7) is 11.5. The zero-order chi connectivity index (χ0) is 16.3. The summed E-state index contributed by atoms with van der Waals surface area (Å²) in [7, 11) is 0. The molecule has 3 heteroatoms. The molecular weight excluding hydrogens is 262 g/mol. The van der Waals surface area contributed by atoms with Gasteiger partial charge in [0.1, 0.15) is 0 Å². The van der Waals surface area contributed by atoms with Crippen molar-refractivity contribution >= 4 is 11.7 Å². The molecule has 0 saturated heterocycles. The first-order valence-electron chi connectivity index (χ1n) is 7.39. The summed E-state index contributed by atoms with van der Waals surface area (Å²) >= 11 is 0. The molecule has 1 N–H and O–H groups in total. The number of carbonyl (C=O) groups is 2. The van der Waals surface area contributed by atoms with Gasteiger partial charge in [0.05, 0.1) is 6.04 Å². The number of hydrogen-bond acceptors (Lipinski definition) is 2. The molecule has 0 unspecified atom stereocenters. The highest BCUT2D eigenvalue weighted by atomic mass is 16.2. The lowest BCUT2D eigenvalue weighted by molar-refractivity contribution is -0.129. The van der Waals surface area contributed by atoms with Gasteiger partial charge in [-0.2, -0.15) is 0 Å². The van der Waals surface area contributed by atoms with Crippen molar-refractivity contribution in [2.24, 2.45) is 5.41 Å². The second-order valence-electron chi connectivity index (χ2n) is 7.40. The number of amides is 1. The molecule has 0 spiro atoms. The van der Waals surface area contributed by atoms with Gasteiger partial charge in [-0.3, -0.25) is 9.59 Å². The lowest BCUT2D eigenvalue weighted by Crippen LogP contribution is -2.49. The van der Waals surface area contributed by atoms with Crippen LogP contribution in [0.25, 0.3) is 0 Å². The highest BCUT2D eigenvalue weighted by Gasteiger charge is 2.32. The van der Waals surface area contributed by atoms with E-state index >= 15 is 0 Å². The predicted octanol–water partition coefficient (Wildman–Crippen LogP) is 3.47. The smallest absolute Gasteiger partial charge is 0.221 e. The molecule has 0 aliphatic rings. The number of carbonyl (C=O) groups excluding carboxylic acids is 2. The van der Waals surface area contributed by atoms with Gasteiger partial charge >= 0.3 is 0 Å². The Balaban J connectivity index is 2.79. The maximum atomic E-state index is 12.3. The van der Waals surface area contributed by atoms with E-state index < -0.39 is 6.04 Å². The molecule has 0 saturated carbocycles. The van der Waals surface area contributed by atoms with Crippen molar-refractivity contribution in [1.82, 2.24) is 5.32 Å². The highest BCUT2D eigenvalue weighted by molar-refractivity contribution is 5.88. The van der Waals surface area contributed by atoms with E-state index in [2.05, 4.69) is 5.32 Å². The van der Waals surface area contributed by atoms with Crippen LogP contribution in [0.1, 0.15) is 53.5 Å². The number of nitrogens with one attached hydrogen (secondary N) is 1. The Kier molecular flexibility index (Phi) is 5.32. The molecule has 3 nitrogen and oxygen atoms in total. The van der Waals surface area contributed by atoms with Gasteiger partial charge in [0.15, 0.2) is 5.78 Å². The van der Waals surface area contributed by atoms with Crippen LogP contribution in [0, 0.1) is 5.41 Å². The van der Waals surface area contributed by atoms with Crippen molar-refractivity contribution in [3.8, 4) is 0 Å². The third kappa shape index (κ3) is 5.00. The van der Waals surface area contributed by atoms with Crippen LogP contribution in [-0.2, 0) is 15.0 Å². The number of hydrogen-bond donors (Lipinski definition) is 1. The molecule has 0 aliphatic carbocycles. The fourth-order valence-electron chi connectivity index (χ4n) is 2.53. The van der Waals surface area contributed by atoms with Crippen molar-refractivity contribution in [3.05, 3.63) is 35.9 Å². The van der Waals surface area contributed by atoms with E-state index in [0.717, 1.165) is 5.56 Å². The van der Waals surface area contributed by atoms with Crippen molar-refractivity contribution in [3.63, 3.8) is 0 Å². The van der Waals surface area contributed by atoms with Gasteiger partial charge in [-0.25, -0.2) is 0 Å². The van der Waals surface area contributed by atoms with Crippen molar-refractivity contribution < 1.29 is 9.59 Å². The Hall–Kier alpha value is -1.64. The van der Waals surface area contributed by atoms with E-state index in [4.69, 9.17) is 0 Å². The fraction of sp³-hybridized carbons (Fsp3) is 0.556. The van der Waals surface area contributed by atoms with E-state index in [0.29, 0.717) is 6.42 Å². The van der Waals surface area contributed by atoms with Gasteiger partial charge in [-0.15, -0.1) is 0 Å². The molecular formula is C18H27NO2. The molecule has 1 rings (SSSR count). The summed E-state index contributed by atoms with van der Waals surface area (Å²) in [6, 6.07) is 9.52. The van der Waals surface area contributed by atoms with Crippen molar-refractivity contribution in [1.29, 1.82) is 0 Å². The first kappa shape index (κ1) is 17.4. The summed E-state index contributed by atoms with van der Waals surface area (Å²) in [5.41, 5.74) is 0.582. The Labute approximate surface area is 128 Å². The Morgan fingerprint density at radius 1 is 1.05 bits per heavy atom. The molecule has 0 fully saturated rings. The SMILES string of the molecule is CC(=O)[C@@H](NC(=O)CC(C)(C)c1ccccc1)C(C)(C)C. The molecule has 1 amide bonds. The largest absolute Gasteiger partial charge is 0.346 e. The third-order valence-electron chi connectivity index (χ3n) is 3.74. The van der Waals surface area contributed by atoms with Gasteiger partial charge in [0, 0.05) is 6.42 Å². The van der Waals surface area contributed by atoms with Crippen LogP contribution >= 0.6 is 0 Å². The maximum Gasteiger partial charge on any atom is 0.221 e. The first-order valence-corrected chi connectivity index (χ1v) is 7.39. The second-order valence-corrected chi connectivity index (χ2v) is 7.40. The lowest BCUT2D eigenvalue weighted by Gasteiger charge is -2.31. The van der Waals surface area contributed by atoms with Gasteiger partial charge in [-0.05, 0) is 23.3 Å². The Bertz CT molecular complexity index is 498. The van der Waals surface area contributed by atoms with E-state index in [1.54, 1.807) is 0 Å². The zero-order valence-electron chi connectivity index (χ0n) is 14.0. The molecule has 1 aromatic rings. The number of benzene rings is 1. The van der Waals surface area contributed by atoms with Crippen LogP contribution in [0.5, 0.6) is 0 Å². The average Bonchev–Trinajstić information content (AvgIpc) is 2.35. The van der Waals surface area contributed by atoms with Gasteiger partial charge in [-0.1, -0.05) is 65.0 Å². The summed E-state index contributed by atoms with van der Waals surface area (Å²) in [6.07, 6.45) is 0.358. The van der Waals surface area contributed by atoms with E-state index in [9.17, 15) is 9.59 Å². The standard InChI is InChI=1S/C18H27NO2/c1-13(20)16(17(2,3)4)19-15(21)12-18(5,6)14-10-8-7-9-11-14/h7-11,16H,12H2,1-6H3,(H,19,21)/t16-/m1/s1. The highest BCUT2D eigenvalue weighted by Crippen LogP contribution is 2.27. The number of rotatable bonds is 5. The Morgan fingerprint density at radius 3 is 2.00 bits per heavy atom. The van der Waals surface area contributed by atoms with Gasteiger partial charge in [0.25, 0.3) is 0 Å². The second kappa shape index (κ2) is 6.42. The normalized spacial score (nSPS) is 13.6. The van der Waals surface area contributed by atoms with Crippen LogP contribution in [0.2, 0.25) is 0 Å². The topological polar surface area (TPSA) is 46.2 Å². The lowest BCUT2D eigenvalue weighted by atomic mass is 9.80. The van der Waals surface area contributed by atoms with E-state index in [-0.39, 0.29) is 22.5 Å². The minimum Gasteiger partial charge on any atom is -0.346 e. The van der Waals surface area contributed by atoms with Crippen molar-refractivity contribution in [2.75, 3.05) is 0 Å². The Morgan fingerprint density at radius 2 is 1.57 bits per heavy atom. The van der Waals surface area contributed by atoms with Crippen LogP contribution in [0.15, 0.2) is 30.3 Å². The van der Waals surface area contributed by atoms with Crippen molar-refractivity contribution in [2.45, 2.75) is 59.4 Å². The van der Waals surface area contributed by atoms with E-state index in [1.165, 1.54) is 6.92 Å². The number of Topliss-reactive ketones (excluding diaryl/α,β-unsaturated/α-hetero) is 1. The number of ketones is 1. The molecule has 116 valence electrons. The zero-order valence-corrected chi connectivity index (χ0v) is 14.0. The summed E-state index contributed by atoms with van der Waals surface area (Å²) < 4.78 is 0. The molecule has 1 aromatic carbocycles. The monoisotopic (exact) mass is 289 g/mol. The van der Waals surface area contributed by atoms with Crippen LogP contribution in [0.3, 0.4) is 0 Å². The van der Waals surface area contributed by atoms with Crippen LogP contribution in [0.4, 0.5) is 0 Å². The maximum absolute atomic E-state index is 12.3. The summed E-state index contributed by atoms with van der Waals surface area (Å²) in [5.74, 6) is -0.0904. The molecule has 0 radical (unpaired) electrons. The molecule has 0 bridgehead atoms. The minimum absolute atomic E-state index is 0.00614. The van der Waals surface area contributed by atoms with Gasteiger partial charge < -0.3 is 5.32 Å². The molecule has 0 aromatic heterocycles. The fourth-order valence-corrected chi connectivity index (χ4v) is 2.53. The van der Waals surface area contributed by atoms with Crippen LogP contribution < -0.4 is 5.32 Å². The molecule has 21 heavy (non-hydrogen) atoms. The average molecular weight is 289 g/mol. The summed E-state index contributed by atoms with van der Waals surface area (Å²) in [5, 5.41) is 2.89. The van der Waals surface area contributed by atoms with Gasteiger partial charge in [0.2, 0.25) is 5.91 Å². The predicted molar refractivity (Wildman–Crippen MR) is 86.2 cm³/mol. The molecule has 0 aliphatic heterocycles. The minimum atomic E-state index is -0.448. The molecule has 0 heterocycles. The summed E-state index contributed by atoms with van der Waals surface area (Å²) in [4.78, 5) is 24.1. The quantitative estimate of drug-likeness (QED) is 0.902. The first-order chi connectivity index (χ1) is 9.54. The van der Waals surface area contributed by atoms with E-state index in [1.807, 2.05) is 65.0 Å². The molecule has 1 atom stereocenters.